The Morgan fingerprint density at radius 1 is 1.44 bits per heavy atom. The predicted molar refractivity (Wildman–Crippen MR) is 72.0 cm³/mol. The van der Waals surface area contributed by atoms with Crippen LogP contribution in [-0.2, 0) is 11.3 Å². The van der Waals surface area contributed by atoms with E-state index in [4.69, 9.17) is 9.47 Å². The van der Waals surface area contributed by atoms with Crippen LogP contribution in [0.3, 0.4) is 0 Å². The highest BCUT2D eigenvalue weighted by molar-refractivity contribution is 5.30. The Kier molecular flexibility index (Phi) is 5.16. The Morgan fingerprint density at radius 3 is 2.56 bits per heavy atom. The van der Waals surface area contributed by atoms with Crippen molar-refractivity contribution in [3.05, 3.63) is 11.9 Å². The first kappa shape index (κ1) is 15.0. The van der Waals surface area contributed by atoms with Crippen molar-refractivity contribution >= 4 is 0 Å². The minimum Gasteiger partial charge on any atom is -0.493 e. The summed E-state index contributed by atoms with van der Waals surface area (Å²) in [6, 6.07) is 0.0199. The van der Waals surface area contributed by atoms with Gasteiger partial charge in [-0.25, -0.2) is 0 Å². The fraction of sp³-hybridized carbons (Fsp3) is 0.769. The third-order valence-electron chi connectivity index (χ3n) is 3.28. The first-order valence-electron chi connectivity index (χ1n) is 6.33. The van der Waals surface area contributed by atoms with E-state index in [1.54, 1.807) is 20.4 Å². The topological polar surface area (TPSA) is 48.3 Å². The summed E-state index contributed by atoms with van der Waals surface area (Å²) in [6.45, 7) is 7.11. The van der Waals surface area contributed by atoms with E-state index in [0.717, 1.165) is 24.4 Å². The number of nitrogens with zero attached hydrogens (tertiary/aromatic N) is 2. The average molecular weight is 255 g/mol. The molecule has 5 heteroatoms. The van der Waals surface area contributed by atoms with E-state index in [-0.39, 0.29) is 11.6 Å². The maximum atomic E-state index is 5.59. The SMILES string of the molecule is CCCn1ncc(OC)c1C(NC)C(C)(C)OC. The van der Waals surface area contributed by atoms with Crippen molar-refractivity contribution in [3.63, 3.8) is 0 Å². The Bertz CT molecular complexity index is 374. The Hall–Kier alpha value is -1.07. The van der Waals surface area contributed by atoms with Gasteiger partial charge in [-0.3, -0.25) is 4.68 Å². The molecule has 1 atom stereocenters. The number of nitrogens with one attached hydrogen (secondary N) is 1. The van der Waals surface area contributed by atoms with Crippen LogP contribution in [-0.4, -0.2) is 36.6 Å². The van der Waals surface area contributed by atoms with Crippen LogP contribution >= 0.6 is 0 Å². The monoisotopic (exact) mass is 255 g/mol. The van der Waals surface area contributed by atoms with E-state index in [1.165, 1.54) is 0 Å². The molecule has 0 amide bonds. The number of likely N-dealkylation sites (N-methyl/N-ethyl adjacent to an activating group) is 1. The van der Waals surface area contributed by atoms with Crippen molar-refractivity contribution < 1.29 is 9.47 Å². The normalized spacial score (nSPS) is 13.7. The molecular weight excluding hydrogens is 230 g/mol. The molecule has 0 aliphatic heterocycles. The molecule has 0 fully saturated rings. The molecule has 18 heavy (non-hydrogen) atoms. The fourth-order valence-corrected chi connectivity index (χ4v) is 2.15. The number of ether oxygens (including phenoxy) is 2. The molecule has 1 rings (SSSR count). The molecule has 0 aromatic carbocycles. The zero-order chi connectivity index (χ0) is 13.8. The maximum absolute atomic E-state index is 5.59. The van der Waals surface area contributed by atoms with Crippen LogP contribution in [0.2, 0.25) is 0 Å². The lowest BCUT2D eigenvalue weighted by molar-refractivity contribution is -0.0120. The standard InChI is InChI=1S/C13H25N3O2/c1-7-8-16-11(10(17-5)9-15-16)12(14-4)13(2,3)18-6/h9,12,14H,7-8H2,1-6H3. The first-order valence-corrected chi connectivity index (χ1v) is 6.33. The summed E-state index contributed by atoms with van der Waals surface area (Å²) in [5.41, 5.74) is 0.696. The summed E-state index contributed by atoms with van der Waals surface area (Å²) in [4.78, 5) is 0. The number of methoxy groups -OCH3 is 2. The minimum absolute atomic E-state index is 0.0199. The molecule has 0 saturated carbocycles. The molecule has 0 aliphatic rings. The molecule has 1 aromatic heterocycles. The van der Waals surface area contributed by atoms with Crippen molar-refractivity contribution in [2.24, 2.45) is 0 Å². The van der Waals surface area contributed by atoms with Crippen LogP contribution in [0.25, 0.3) is 0 Å². The number of rotatable bonds is 7. The quantitative estimate of drug-likeness (QED) is 0.809. The van der Waals surface area contributed by atoms with Crippen molar-refractivity contribution in [1.29, 1.82) is 0 Å². The lowest BCUT2D eigenvalue weighted by Crippen LogP contribution is -2.40. The second kappa shape index (κ2) is 6.20. The maximum Gasteiger partial charge on any atom is 0.161 e. The van der Waals surface area contributed by atoms with Gasteiger partial charge in [-0.15, -0.1) is 0 Å². The van der Waals surface area contributed by atoms with Gasteiger partial charge in [0, 0.05) is 13.7 Å². The van der Waals surface area contributed by atoms with Gasteiger partial charge in [-0.1, -0.05) is 6.92 Å². The summed E-state index contributed by atoms with van der Waals surface area (Å²) >= 11 is 0. The second-order valence-electron chi connectivity index (χ2n) is 4.85. The van der Waals surface area contributed by atoms with Gasteiger partial charge in [0.1, 0.15) is 5.69 Å². The van der Waals surface area contributed by atoms with E-state index in [0.29, 0.717) is 0 Å². The van der Waals surface area contributed by atoms with Gasteiger partial charge in [-0.05, 0) is 27.3 Å². The van der Waals surface area contributed by atoms with E-state index in [9.17, 15) is 0 Å². The summed E-state index contributed by atoms with van der Waals surface area (Å²) in [5.74, 6) is 0.799. The Labute approximate surface area is 109 Å². The second-order valence-corrected chi connectivity index (χ2v) is 4.85. The molecule has 0 saturated heterocycles. The zero-order valence-corrected chi connectivity index (χ0v) is 12.3. The van der Waals surface area contributed by atoms with Crippen molar-refractivity contribution in [2.45, 2.75) is 45.4 Å². The third-order valence-corrected chi connectivity index (χ3v) is 3.28. The molecule has 0 bridgehead atoms. The molecule has 104 valence electrons. The molecule has 5 nitrogen and oxygen atoms in total. The van der Waals surface area contributed by atoms with Gasteiger partial charge in [-0.2, -0.15) is 5.10 Å². The smallest absolute Gasteiger partial charge is 0.161 e. The molecular formula is C13H25N3O2. The number of aryl methyl sites for hydroxylation is 1. The molecule has 1 N–H and O–H groups in total. The van der Waals surface area contributed by atoms with Gasteiger partial charge in [0.25, 0.3) is 0 Å². The lowest BCUT2D eigenvalue weighted by atomic mass is 9.95. The van der Waals surface area contributed by atoms with Gasteiger partial charge in [0.05, 0.1) is 24.9 Å². The summed E-state index contributed by atoms with van der Waals surface area (Å²) in [6.07, 6.45) is 2.79. The number of aromatic nitrogens is 2. The zero-order valence-electron chi connectivity index (χ0n) is 12.3. The molecule has 0 aliphatic carbocycles. The van der Waals surface area contributed by atoms with Crippen LogP contribution in [0.5, 0.6) is 5.75 Å². The lowest BCUT2D eigenvalue weighted by Gasteiger charge is -2.33. The van der Waals surface area contributed by atoms with E-state index >= 15 is 0 Å². The summed E-state index contributed by atoms with van der Waals surface area (Å²) < 4.78 is 13.0. The van der Waals surface area contributed by atoms with Crippen LogP contribution in [0, 0.1) is 0 Å². The average Bonchev–Trinajstić information content (AvgIpc) is 2.74. The van der Waals surface area contributed by atoms with Crippen LogP contribution < -0.4 is 10.1 Å². The molecule has 1 heterocycles. The van der Waals surface area contributed by atoms with Gasteiger partial charge >= 0.3 is 0 Å². The van der Waals surface area contributed by atoms with E-state index < -0.39 is 0 Å². The Balaban J connectivity index is 3.21. The molecule has 0 radical (unpaired) electrons. The molecule has 1 unspecified atom stereocenters. The third kappa shape index (κ3) is 2.84. The first-order chi connectivity index (χ1) is 8.51. The summed E-state index contributed by atoms with van der Waals surface area (Å²) in [7, 11) is 5.31. The fourth-order valence-electron chi connectivity index (χ4n) is 2.15. The highest BCUT2D eigenvalue weighted by atomic mass is 16.5. The largest absolute Gasteiger partial charge is 0.493 e. The van der Waals surface area contributed by atoms with Crippen molar-refractivity contribution in [3.8, 4) is 5.75 Å². The highest BCUT2D eigenvalue weighted by Crippen LogP contribution is 2.34. The van der Waals surface area contributed by atoms with Crippen molar-refractivity contribution in [2.75, 3.05) is 21.3 Å². The van der Waals surface area contributed by atoms with E-state index in [1.807, 2.05) is 11.7 Å². The van der Waals surface area contributed by atoms with Crippen LogP contribution in [0.15, 0.2) is 6.20 Å². The molecule has 1 aromatic rings. The van der Waals surface area contributed by atoms with Gasteiger partial charge in [0.2, 0.25) is 0 Å². The number of hydrogen-bond donors (Lipinski definition) is 1. The highest BCUT2D eigenvalue weighted by Gasteiger charge is 2.34. The van der Waals surface area contributed by atoms with Crippen LogP contribution in [0.4, 0.5) is 0 Å². The molecule has 0 spiro atoms. The minimum atomic E-state index is -0.340. The van der Waals surface area contributed by atoms with Crippen molar-refractivity contribution in [1.82, 2.24) is 15.1 Å². The van der Waals surface area contributed by atoms with Gasteiger partial charge in [0.15, 0.2) is 5.75 Å². The van der Waals surface area contributed by atoms with Gasteiger partial charge < -0.3 is 14.8 Å². The summed E-state index contributed by atoms with van der Waals surface area (Å²) in [5, 5.41) is 7.69. The predicted octanol–water partition coefficient (Wildman–Crippen LogP) is 1.99. The van der Waals surface area contributed by atoms with E-state index in [2.05, 4.69) is 31.2 Å². The van der Waals surface area contributed by atoms with Crippen LogP contribution in [0.1, 0.15) is 38.9 Å². The Morgan fingerprint density at radius 2 is 2.11 bits per heavy atom. The number of hydrogen-bond acceptors (Lipinski definition) is 4.